The molecule has 0 aliphatic heterocycles. The van der Waals surface area contributed by atoms with E-state index in [1.54, 1.807) is 18.7 Å². The van der Waals surface area contributed by atoms with Crippen LogP contribution in [-0.4, -0.2) is 48.5 Å². The lowest BCUT2D eigenvalue weighted by molar-refractivity contribution is -0.147. The second kappa shape index (κ2) is 10.7. The molecule has 1 aliphatic rings. The molecule has 25 heavy (non-hydrogen) atoms. The average molecular weight is 351 g/mol. The summed E-state index contributed by atoms with van der Waals surface area (Å²) in [4.78, 5) is 38.6. The van der Waals surface area contributed by atoms with Gasteiger partial charge in [0.2, 0.25) is 5.91 Å². The Labute approximate surface area is 149 Å². The fraction of sp³-hybridized carbons (Fsp3) is 0.632. The zero-order chi connectivity index (χ0) is 18.8. The molecule has 0 unspecified atom stereocenters. The van der Waals surface area contributed by atoms with Crippen molar-refractivity contribution in [2.45, 2.75) is 58.9 Å². The monoisotopic (exact) mass is 351 g/mol. The molecule has 1 fully saturated rings. The van der Waals surface area contributed by atoms with Crippen LogP contribution in [0.2, 0.25) is 0 Å². The zero-order valence-corrected chi connectivity index (χ0v) is 15.5. The van der Waals surface area contributed by atoms with Crippen LogP contribution in [0.5, 0.6) is 0 Å². The third-order valence-corrected chi connectivity index (χ3v) is 4.00. The number of amides is 1. The smallest absolute Gasteiger partial charge is 0.345 e. The molecule has 0 bridgehead atoms. The normalized spacial score (nSPS) is 14.4. The number of carbonyl (C=O) groups is 3. The van der Waals surface area contributed by atoms with E-state index in [9.17, 15) is 14.4 Å². The lowest BCUT2D eigenvalue weighted by atomic mass is 9.93. The van der Waals surface area contributed by atoms with Gasteiger partial charge in [-0.2, -0.15) is 0 Å². The lowest BCUT2D eigenvalue weighted by Crippen LogP contribution is -2.42. The van der Waals surface area contributed by atoms with E-state index in [0.717, 1.165) is 37.3 Å². The largest absolute Gasteiger partial charge is 0.462 e. The molecule has 0 aromatic heterocycles. The Bertz CT molecular complexity index is 512. The summed E-state index contributed by atoms with van der Waals surface area (Å²) < 4.78 is 9.76. The van der Waals surface area contributed by atoms with Gasteiger partial charge in [-0.25, -0.2) is 9.59 Å². The first-order valence-electron chi connectivity index (χ1n) is 8.91. The standard InChI is InChI=1S/C19H29NO5/c1-5-24-18(22)16(19(23)25-6-2)12-17(21)20(13-14(3)4)15-10-8-7-9-11-15/h12,15H,3,5-11,13H2,1-2,4H3. The highest BCUT2D eigenvalue weighted by Crippen LogP contribution is 2.24. The van der Waals surface area contributed by atoms with Crippen LogP contribution in [0.1, 0.15) is 52.9 Å². The maximum absolute atomic E-state index is 12.8. The van der Waals surface area contributed by atoms with Crippen molar-refractivity contribution < 1.29 is 23.9 Å². The van der Waals surface area contributed by atoms with Gasteiger partial charge < -0.3 is 14.4 Å². The maximum Gasteiger partial charge on any atom is 0.345 e. The number of esters is 2. The summed E-state index contributed by atoms with van der Waals surface area (Å²) in [5.74, 6) is -2.06. The molecule has 1 rings (SSSR count). The van der Waals surface area contributed by atoms with Crippen LogP contribution >= 0.6 is 0 Å². The van der Waals surface area contributed by atoms with Gasteiger partial charge in [-0.1, -0.05) is 31.4 Å². The molecule has 0 spiro atoms. The molecule has 1 amide bonds. The molecular weight excluding hydrogens is 322 g/mol. The number of rotatable bonds is 8. The van der Waals surface area contributed by atoms with Gasteiger partial charge in [0.15, 0.2) is 0 Å². The summed E-state index contributed by atoms with van der Waals surface area (Å²) in [6.07, 6.45) is 6.18. The minimum Gasteiger partial charge on any atom is -0.462 e. The number of hydrogen-bond donors (Lipinski definition) is 0. The van der Waals surface area contributed by atoms with Gasteiger partial charge in [-0.3, -0.25) is 4.79 Å². The van der Waals surface area contributed by atoms with Crippen LogP contribution in [0.25, 0.3) is 0 Å². The first kappa shape index (κ1) is 20.9. The fourth-order valence-corrected chi connectivity index (χ4v) is 2.90. The van der Waals surface area contributed by atoms with Crippen molar-refractivity contribution in [3.63, 3.8) is 0 Å². The highest BCUT2D eigenvalue weighted by molar-refractivity contribution is 6.17. The Kier molecular flexibility index (Phi) is 8.95. The van der Waals surface area contributed by atoms with Crippen molar-refractivity contribution in [2.75, 3.05) is 19.8 Å². The number of carbonyl (C=O) groups excluding carboxylic acids is 3. The summed E-state index contributed by atoms with van der Waals surface area (Å²) >= 11 is 0. The highest BCUT2D eigenvalue weighted by atomic mass is 16.6. The van der Waals surface area contributed by atoms with Gasteiger partial charge in [-0.05, 0) is 33.6 Å². The van der Waals surface area contributed by atoms with E-state index >= 15 is 0 Å². The first-order chi connectivity index (χ1) is 11.9. The predicted octanol–water partition coefficient (Wildman–Crippen LogP) is 2.78. The summed E-state index contributed by atoms with van der Waals surface area (Å²) in [6, 6.07) is 0.0971. The summed E-state index contributed by atoms with van der Waals surface area (Å²) in [6.45, 7) is 9.64. The third kappa shape index (κ3) is 6.72. The van der Waals surface area contributed by atoms with Crippen LogP contribution in [-0.2, 0) is 23.9 Å². The van der Waals surface area contributed by atoms with E-state index in [2.05, 4.69) is 6.58 Å². The zero-order valence-electron chi connectivity index (χ0n) is 15.5. The van der Waals surface area contributed by atoms with Crippen LogP contribution < -0.4 is 0 Å². The molecule has 1 saturated carbocycles. The van der Waals surface area contributed by atoms with Gasteiger partial charge in [0.1, 0.15) is 5.57 Å². The molecule has 140 valence electrons. The van der Waals surface area contributed by atoms with E-state index < -0.39 is 11.9 Å². The first-order valence-corrected chi connectivity index (χ1v) is 8.91. The Morgan fingerprint density at radius 3 is 2.00 bits per heavy atom. The summed E-state index contributed by atoms with van der Waals surface area (Å²) in [7, 11) is 0. The molecule has 0 atom stereocenters. The SMILES string of the molecule is C=C(C)CN(C(=O)C=C(C(=O)OCC)C(=O)OCC)C1CCCCC1. The van der Waals surface area contributed by atoms with Crippen LogP contribution in [0.15, 0.2) is 23.8 Å². The molecule has 0 heterocycles. The molecule has 0 saturated heterocycles. The van der Waals surface area contributed by atoms with E-state index in [1.165, 1.54) is 6.42 Å². The van der Waals surface area contributed by atoms with Gasteiger partial charge in [0.25, 0.3) is 0 Å². The van der Waals surface area contributed by atoms with Gasteiger partial charge >= 0.3 is 11.9 Å². The van der Waals surface area contributed by atoms with Crippen molar-refractivity contribution in [3.05, 3.63) is 23.8 Å². The van der Waals surface area contributed by atoms with Crippen molar-refractivity contribution in [2.24, 2.45) is 0 Å². The van der Waals surface area contributed by atoms with E-state index in [1.807, 2.05) is 6.92 Å². The third-order valence-electron chi connectivity index (χ3n) is 4.00. The van der Waals surface area contributed by atoms with Crippen LogP contribution in [0.3, 0.4) is 0 Å². The number of nitrogens with zero attached hydrogens (tertiary/aromatic N) is 1. The fourth-order valence-electron chi connectivity index (χ4n) is 2.90. The summed E-state index contributed by atoms with van der Waals surface area (Å²) in [5, 5.41) is 0. The Hall–Kier alpha value is -2.11. The predicted molar refractivity (Wildman–Crippen MR) is 94.7 cm³/mol. The van der Waals surface area contributed by atoms with Crippen molar-refractivity contribution in [1.29, 1.82) is 0 Å². The highest BCUT2D eigenvalue weighted by Gasteiger charge is 2.28. The Morgan fingerprint density at radius 1 is 1.04 bits per heavy atom. The molecule has 6 nitrogen and oxygen atoms in total. The van der Waals surface area contributed by atoms with E-state index in [-0.39, 0.29) is 30.7 Å². The Balaban J connectivity index is 3.07. The molecule has 0 aromatic rings. The van der Waals surface area contributed by atoms with Crippen LogP contribution in [0, 0.1) is 0 Å². The number of hydrogen-bond acceptors (Lipinski definition) is 5. The van der Waals surface area contributed by atoms with Gasteiger partial charge in [-0.15, -0.1) is 0 Å². The van der Waals surface area contributed by atoms with Gasteiger partial charge in [0.05, 0.1) is 13.2 Å². The average Bonchev–Trinajstić information content (AvgIpc) is 2.58. The second-order valence-electron chi connectivity index (χ2n) is 6.21. The van der Waals surface area contributed by atoms with E-state index in [0.29, 0.717) is 6.54 Å². The van der Waals surface area contributed by atoms with E-state index in [4.69, 9.17) is 9.47 Å². The van der Waals surface area contributed by atoms with Crippen molar-refractivity contribution in [3.8, 4) is 0 Å². The Morgan fingerprint density at radius 2 is 1.56 bits per heavy atom. The van der Waals surface area contributed by atoms with Gasteiger partial charge in [0, 0.05) is 18.7 Å². The summed E-state index contributed by atoms with van der Waals surface area (Å²) in [5.41, 5.74) is 0.484. The maximum atomic E-state index is 12.8. The second-order valence-corrected chi connectivity index (χ2v) is 6.21. The number of ether oxygens (including phenoxy) is 2. The molecule has 0 radical (unpaired) electrons. The molecule has 6 heteroatoms. The molecule has 0 N–H and O–H groups in total. The minimum atomic E-state index is -0.840. The lowest BCUT2D eigenvalue weighted by Gasteiger charge is -2.34. The molecule has 0 aromatic carbocycles. The quantitative estimate of drug-likeness (QED) is 0.221. The molecular formula is C19H29NO5. The minimum absolute atomic E-state index is 0.0971. The van der Waals surface area contributed by atoms with Crippen molar-refractivity contribution in [1.82, 2.24) is 4.90 Å². The van der Waals surface area contributed by atoms with Crippen molar-refractivity contribution >= 4 is 17.8 Å². The molecule has 1 aliphatic carbocycles. The van der Waals surface area contributed by atoms with Crippen LogP contribution in [0.4, 0.5) is 0 Å². The topological polar surface area (TPSA) is 72.9 Å².